The summed E-state index contributed by atoms with van der Waals surface area (Å²) in [5, 5.41) is 3.16. The summed E-state index contributed by atoms with van der Waals surface area (Å²) in [6.07, 6.45) is 1.63. The van der Waals surface area contributed by atoms with Crippen LogP contribution >= 0.6 is 0 Å². The van der Waals surface area contributed by atoms with Crippen molar-refractivity contribution in [2.45, 2.75) is 32.8 Å². The lowest BCUT2D eigenvalue weighted by Crippen LogP contribution is -2.51. The van der Waals surface area contributed by atoms with Gasteiger partial charge < -0.3 is 19.9 Å². The topological polar surface area (TPSA) is 70.6 Å². The summed E-state index contributed by atoms with van der Waals surface area (Å²) in [6, 6.07) is 2.00. The first-order chi connectivity index (χ1) is 11.2. The van der Waals surface area contributed by atoms with Crippen molar-refractivity contribution in [2.75, 3.05) is 49.5 Å². The van der Waals surface area contributed by atoms with Crippen molar-refractivity contribution >= 4 is 17.7 Å². The molecule has 2 saturated heterocycles. The molecular formula is C16H25N5O2. The highest BCUT2D eigenvalue weighted by Crippen LogP contribution is 2.19. The maximum absolute atomic E-state index is 12.4. The first-order valence-corrected chi connectivity index (χ1v) is 8.42. The van der Waals surface area contributed by atoms with Gasteiger partial charge in [-0.25, -0.2) is 4.98 Å². The van der Waals surface area contributed by atoms with Gasteiger partial charge in [-0.2, -0.15) is 4.98 Å². The Labute approximate surface area is 137 Å². The summed E-state index contributed by atoms with van der Waals surface area (Å²) in [5.41, 5.74) is 0.948. The third kappa shape index (κ3) is 3.72. The lowest BCUT2D eigenvalue weighted by atomic mass is 10.2. The number of hydrogen-bond acceptors (Lipinski definition) is 6. The van der Waals surface area contributed by atoms with Gasteiger partial charge in [-0.3, -0.25) is 4.79 Å². The Bertz CT molecular complexity index is 551. The Hall–Kier alpha value is -1.89. The number of amides is 1. The smallest absolute Gasteiger partial charge is 0.251 e. The van der Waals surface area contributed by atoms with E-state index in [1.807, 2.05) is 24.8 Å². The second-order valence-electron chi connectivity index (χ2n) is 6.04. The minimum absolute atomic E-state index is 0.148. The van der Waals surface area contributed by atoms with E-state index < -0.39 is 0 Å². The van der Waals surface area contributed by atoms with Crippen LogP contribution in [0.1, 0.15) is 25.5 Å². The molecule has 1 amide bonds. The summed E-state index contributed by atoms with van der Waals surface area (Å²) in [6.45, 7) is 8.54. The molecule has 0 aliphatic carbocycles. The summed E-state index contributed by atoms with van der Waals surface area (Å²) in [4.78, 5) is 25.5. The number of nitrogens with one attached hydrogen (secondary N) is 1. The fourth-order valence-corrected chi connectivity index (χ4v) is 3.08. The molecule has 0 spiro atoms. The van der Waals surface area contributed by atoms with E-state index in [-0.39, 0.29) is 12.0 Å². The van der Waals surface area contributed by atoms with Gasteiger partial charge in [-0.15, -0.1) is 0 Å². The van der Waals surface area contributed by atoms with Crippen LogP contribution < -0.4 is 10.2 Å². The molecule has 3 heterocycles. The van der Waals surface area contributed by atoms with Crippen LogP contribution in [0.3, 0.4) is 0 Å². The molecule has 1 aromatic heterocycles. The Morgan fingerprint density at radius 3 is 2.78 bits per heavy atom. The number of ether oxygens (including phenoxy) is 1. The van der Waals surface area contributed by atoms with Gasteiger partial charge in [0.1, 0.15) is 11.9 Å². The van der Waals surface area contributed by atoms with Crippen LogP contribution in [0.4, 0.5) is 11.8 Å². The lowest BCUT2D eigenvalue weighted by Gasteiger charge is -2.36. The van der Waals surface area contributed by atoms with Crippen LogP contribution in [0.5, 0.6) is 0 Å². The van der Waals surface area contributed by atoms with Crippen molar-refractivity contribution in [3.05, 3.63) is 11.8 Å². The third-order valence-electron chi connectivity index (χ3n) is 4.30. The highest BCUT2D eigenvalue weighted by molar-refractivity contribution is 5.81. The number of hydrogen-bond donors (Lipinski definition) is 1. The van der Waals surface area contributed by atoms with E-state index in [1.54, 1.807) is 0 Å². The molecule has 0 aromatic carbocycles. The third-order valence-corrected chi connectivity index (χ3v) is 4.30. The molecule has 3 rings (SSSR count). The highest BCUT2D eigenvalue weighted by Gasteiger charge is 2.30. The number of anilines is 2. The van der Waals surface area contributed by atoms with E-state index >= 15 is 0 Å². The second-order valence-corrected chi connectivity index (χ2v) is 6.04. The molecular weight excluding hydrogens is 294 g/mol. The monoisotopic (exact) mass is 319 g/mol. The molecule has 1 unspecified atom stereocenters. The predicted octanol–water partition coefficient (Wildman–Crippen LogP) is 1.04. The van der Waals surface area contributed by atoms with Gasteiger partial charge in [0.15, 0.2) is 0 Å². The summed E-state index contributed by atoms with van der Waals surface area (Å²) >= 11 is 0. The average molecular weight is 319 g/mol. The van der Waals surface area contributed by atoms with E-state index in [4.69, 9.17) is 4.74 Å². The van der Waals surface area contributed by atoms with E-state index in [1.165, 1.54) is 0 Å². The fourth-order valence-electron chi connectivity index (χ4n) is 3.08. The molecule has 0 radical (unpaired) electrons. The molecule has 2 aliphatic heterocycles. The number of nitrogens with zero attached hydrogens (tertiary/aromatic N) is 4. The predicted molar refractivity (Wildman–Crippen MR) is 88.7 cm³/mol. The first-order valence-electron chi connectivity index (χ1n) is 8.42. The minimum atomic E-state index is -0.219. The number of carbonyl (C=O) groups excluding carboxylic acids is 1. The number of carbonyl (C=O) groups is 1. The summed E-state index contributed by atoms with van der Waals surface area (Å²) in [7, 11) is 0. The lowest BCUT2D eigenvalue weighted by molar-refractivity contribution is -0.141. The van der Waals surface area contributed by atoms with Gasteiger partial charge in [0.25, 0.3) is 5.91 Å². The maximum atomic E-state index is 12.4. The Balaban J connectivity index is 1.61. The molecule has 2 fully saturated rings. The van der Waals surface area contributed by atoms with Crippen LogP contribution in [0.15, 0.2) is 6.07 Å². The van der Waals surface area contributed by atoms with Crippen molar-refractivity contribution in [1.29, 1.82) is 0 Å². The zero-order valence-corrected chi connectivity index (χ0v) is 13.9. The standard InChI is InChI=1S/C16H25N5O2/c1-3-17-16-18-12(2)11-14(19-16)20-6-8-21(9-7-20)15(22)13-5-4-10-23-13/h11,13H,3-10H2,1-2H3,(H,17,18,19). The normalized spacial score (nSPS) is 21.6. The molecule has 0 bridgehead atoms. The largest absolute Gasteiger partial charge is 0.368 e. The highest BCUT2D eigenvalue weighted by atomic mass is 16.5. The van der Waals surface area contributed by atoms with Gasteiger partial charge in [-0.05, 0) is 26.7 Å². The van der Waals surface area contributed by atoms with Gasteiger partial charge in [0.2, 0.25) is 5.95 Å². The Kier molecular flexibility index (Phi) is 4.95. The van der Waals surface area contributed by atoms with Crippen LogP contribution in [0.2, 0.25) is 0 Å². The first kappa shape index (κ1) is 16.0. The minimum Gasteiger partial charge on any atom is -0.368 e. The van der Waals surface area contributed by atoms with Crippen molar-refractivity contribution in [2.24, 2.45) is 0 Å². The van der Waals surface area contributed by atoms with Crippen molar-refractivity contribution < 1.29 is 9.53 Å². The van der Waals surface area contributed by atoms with Crippen LogP contribution in [-0.2, 0) is 9.53 Å². The van der Waals surface area contributed by atoms with Gasteiger partial charge in [0, 0.05) is 51.1 Å². The van der Waals surface area contributed by atoms with Crippen LogP contribution in [-0.4, -0.2) is 66.2 Å². The fraction of sp³-hybridized carbons (Fsp3) is 0.688. The molecule has 1 atom stereocenters. The van der Waals surface area contributed by atoms with Crippen molar-refractivity contribution in [1.82, 2.24) is 14.9 Å². The Morgan fingerprint density at radius 1 is 1.35 bits per heavy atom. The number of piperazine rings is 1. The summed E-state index contributed by atoms with van der Waals surface area (Å²) < 4.78 is 5.50. The molecule has 0 saturated carbocycles. The zero-order chi connectivity index (χ0) is 16.2. The van der Waals surface area contributed by atoms with E-state index in [2.05, 4.69) is 20.2 Å². The molecule has 7 heteroatoms. The number of aromatic nitrogens is 2. The van der Waals surface area contributed by atoms with Crippen molar-refractivity contribution in [3.8, 4) is 0 Å². The van der Waals surface area contributed by atoms with E-state index in [0.717, 1.165) is 57.1 Å². The summed E-state index contributed by atoms with van der Waals surface area (Å²) in [5.74, 6) is 1.74. The number of aryl methyl sites for hydroxylation is 1. The molecule has 23 heavy (non-hydrogen) atoms. The van der Waals surface area contributed by atoms with E-state index in [0.29, 0.717) is 12.6 Å². The average Bonchev–Trinajstić information content (AvgIpc) is 3.08. The second kappa shape index (κ2) is 7.12. The molecule has 126 valence electrons. The number of rotatable bonds is 4. The van der Waals surface area contributed by atoms with Crippen molar-refractivity contribution in [3.63, 3.8) is 0 Å². The van der Waals surface area contributed by atoms with Crippen LogP contribution in [0, 0.1) is 6.92 Å². The molecule has 1 N–H and O–H groups in total. The van der Waals surface area contributed by atoms with Gasteiger partial charge in [0.05, 0.1) is 0 Å². The van der Waals surface area contributed by atoms with Crippen LogP contribution in [0.25, 0.3) is 0 Å². The molecule has 1 aromatic rings. The molecule has 2 aliphatic rings. The Morgan fingerprint density at radius 2 is 2.13 bits per heavy atom. The SMILES string of the molecule is CCNc1nc(C)cc(N2CCN(C(=O)C3CCCO3)CC2)n1. The zero-order valence-electron chi connectivity index (χ0n) is 13.9. The van der Waals surface area contributed by atoms with E-state index in [9.17, 15) is 4.79 Å². The molecule has 7 nitrogen and oxygen atoms in total. The van der Waals surface area contributed by atoms with Gasteiger partial charge >= 0.3 is 0 Å². The van der Waals surface area contributed by atoms with Gasteiger partial charge in [-0.1, -0.05) is 0 Å². The quantitative estimate of drug-likeness (QED) is 0.894. The maximum Gasteiger partial charge on any atom is 0.251 e.